The van der Waals surface area contributed by atoms with Crippen LogP contribution in [-0.4, -0.2) is 53.5 Å². The van der Waals surface area contributed by atoms with Crippen molar-refractivity contribution in [2.75, 3.05) is 20.2 Å². The fourth-order valence-corrected chi connectivity index (χ4v) is 2.21. The van der Waals surface area contributed by atoms with E-state index in [0.717, 1.165) is 0 Å². The topological polar surface area (TPSA) is 76.1 Å². The van der Waals surface area contributed by atoms with Gasteiger partial charge < -0.3 is 19.5 Å². The Morgan fingerprint density at radius 3 is 2.37 bits per heavy atom. The number of carbonyl (C=O) groups is 2. The van der Waals surface area contributed by atoms with Crippen LogP contribution in [0.2, 0.25) is 0 Å². The lowest BCUT2D eigenvalue weighted by Gasteiger charge is -2.43. The normalized spacial score (nSPS) is 28.1. The Bertz CT molecular complexity index is 363. The first-order chi connectivity index (χ1) is 8.62. The van der Waals surface area contributed by atoms with Crippen molar-refractivity contribution in [2.24, 2.45) is 5.92 Å². The van der Waals surface area contributed by atoms with Gasteiger partial charge in [0.1, 0.15) is 5.60 Å². The third-order valence-electron chi connectivity index (χ3n) is 3.43. The highest BCUT2D eigenvalue weighted by Gasteiger charge is 2.49. The van der Waals surface area contributed by atoms with Gasteiger partial charge in [-0.05, 0) is 33.1 Å². The van der Waals surface area contributed by atoms with E-state index in [0.29, 0.717) is 13.0 Å². The van der Waals surface area contributed by atoms with Gasteiger partial charge in [-0.25, -0.2) is 9.59 Å². The fourth-order valence-electron chi connectivity index (χ4n) is 2.21. The molecule has 0 aromatic rings. The molecule has 110 valence electrons. The highest BCUT2D eigenvalue weighted by Crippen LogP contribution is 2.31. The SMILES string of the molecule is COC1(C(=O)O)CN(C(=O)OC(C)(C)C)CCC1C. The highest BCUT2D eigenvalue weighted by molar-refractivity contribution is 5.80. The molecule has 0 bridgehead atoms. The average Bonchev–Trinajstić information content (AvgIpc) is 2.27. The zero-order valence-electron chi connectivity index (χ0n) is 12.2. The third-order valence-corrected chi connectivity index (χ3v) is 3.43. The maximum atomic E-state index is 12.0. The number of aliphatic carboxylic acids is 1. The second-order valence-electron chi connectivity index (χ2n) is 5.99. The highest BCUT2D eigenvalue weighted by atomic mass is 16.6. The minimum Gasteiger partial charge on any atom is -0.479 e. The molecule has 6 heteroatoms. The van der Waals surface area contributed by atoms with E-state index in [1.807, 2.05) is 6.92 Å². The van der Waals surface area contributed by atoms with Gasteiger partial charge in [-0.3, -0.25) is 0 Å². The summed E-state index contributed by atoms with van der Waals surface area (Å²) in [4.78, 5) is 24.9. The molecule has 1 amide bonds. The molecule has 2 atom stereocenters. The molecule has 6 nitrogen and oxygen atoms in total. The molecule has 1 aliphatic heterocycles. The summed E-state index contributed by atoms with van der Waals surface area (Å²) in [6, 6.07) is 0. The summed E-state index contributed by atoms with van der Waals surface area (Å²) >= 11 is 0. The van der Waals surface area contributed by atoms with E-state index in [4.69, 9.17) is 9.47 Å². The Labute approximate surface area is 113 Å². The number of amides is 1. The molecule has 0 aromatic carbocycles. The van der Waals surface area contributed by atoms with E-state index in [1.54, 1.807) is 20.8 Å². The van der Waals surface area contributed by atoms with Crippen molar-refractivity contribution in [1.82, 2.24) is 4.90 Å². The number of hydrogen-bond acceptors (Lipinski definition) is 4. The monoisotopic (exact) mass is 273 g/mol. The maximum Gasteiger partial charge on any atom is 0.410 e. The predicted molar refractivity (Wildman–Crippen MR) is 69.0 cm³/mol. The zero-order valence-corrected chi connectivity index (χ0v) is 12.2. The minimum absolute atomic E-state index is 0.00884. The van der Waals surface area contributed by atoms with Crippen LogP contribution in [0.5, 0.6) is 0 Å². The summed E-state index contributed by atoms with van der Waals surface area (Å²) in [5.41, 5.74) is -1.95. The van der Waals surface area contributed by atoms with Gasteiger partial charge in [0.25, 0.3) is 0 Å². The Morgan fingerprint density at radius 2 is 1.95 bits per heavy atom. The smallest absolute Gasteiger partial charge is 0.410 e. The molecule has 1 heterocycles. The molecular weight excluding hydrogens is 250 g/mol. The fraction of sp³-hybridized carbons (Fsp3) is 0.846. The Kier molecular flexibility index (Phi) is 4.45. The lowest BCUT2D eigenvalue weighted by molar-refractivity contribution is -0.176. The van der Waals surface area contributed by atoms with Gasteiger partial charge in [-0.2, -0.15) is 0 Å². The number of methoxy groups -OCH3 is 1. The summed E-state index contributed by atoms with van der Waals surface area (Å²) in [5, 5.41) is 9.39. The van der Waals surface area contributed by atoms with E-state index in [2.05, 4.69) is 0 Å². The molecule has 0 radical (unpaired) electrons. The van der Waals surface area contributed by atoms with Gasteiger partial charge in [0.2, 0.25) is 0 Å². The van der Waals surface area contributed by atoms with Crippen molar-refractivity contribution >= 4 is 12.1 Å². The van der Waals surface area contributed by atoms with Crippen LogP contribution in [-0.2, 0) is 14.3 Å². The second kappa shape index (κ2) is 5.36. The molecule has 1 saturated heterocycles. The number of ether oxygens (including phenoxy) is 2. The van der Waals surface area contributed by atoms with Crippen LogP contribution in [0, 0.1) is 5.92 Å². The second-order valence-corrected chi connectivity index (χ2v) is 5.99. The van der Waals surface area contributed by atoms with Crippen LogP contribution < -0.4 is 0 Å². The largest absolute Gasteiger partial charge is 0.479 e. The molecule has 2 unspecified atom stereocenters. The van der Waals surface area contributed by atoms with E-state index in [1.165, 1.54) is 12.0 Å². The van der Waals surface area contributed by atoms with Crippen LogP contribution in [0.25, 0.3) is 0 Å². The standard InChI is InChI=1S/C13H23NO5/c1-9-6-7-14(11(17)19-12(2,3)4)8-13(9,18-5)10(15)16/h9H,6-8H2,1-5H3,(H,15,16). The van der Waals surface area contributed by atoms with Gasteiger partial charge in [0.05, 0.1) is 6.54 Å². The van der Waals surface area contributed by atoms with Crippen molar-refractivity contribution < 1.29 is 24.2 Å². The number of carboxylic acids is 1. The lowest BCUT2D eigenvalue weighted by atomic mass is 9.82. The van der Waals surface area contributed by atoms with Crippen molar-refractivity contribution in [3.05, 3.63) is 0 Å². The number of carbonyl (C=O) groups excluding carboxylic acids is 1. The third kappa shape index (κ3) is 3.37. The van der Waals surface area contributed by atoms with Crippen LogP contribution in [0.3, 0.4) is 0 Å². The molecular formula is C13H23NO5. The molecule has 0 aromatic heterocycles. The predicted octanol–water partition coefficient (Wildman–Crippen LogP) is 1.73. The Balaban J connectivity index is 2.85. The zero-order chi connectivity index (χ0) is 14.8. The van der Waals surface area contributed by atoms with E-state index in [9.17, 15) is 14.7 Å². The van der Waals surface area contributed by atoms with Crippen LogP contribution in [0.4, 0.5) is 4.79 Å². The van der Waals surface area contributed by atoms with Crippen LogP contribution >= 0.6 is 0 Å². The molecule has 0 aliphatic carbocycles. The number of rotatable bonds is 2. The van der Waals surface area contributed by atoms with Gasteiger partial charge >= 0.3 is 12.1 Å². The quantitative estimate of drug-likeness (QED) is 0.829. The van der Waals surface area contributed by atoms with E-state index < -0.39 is 23.3 Å². The average molecular weight is 273 g/mol. The summed E-state index contributed by atoms with van der Waals surface area (Å²) in [5.74, 6) is -1.20. The first kappa shape index (κ1) is 15.8. The van der Waals surface area contributed by atoms with Crippen molar-refractivity contribution in [3.8, 4) is 0 Å². The van der Waals surface area contributed by atoms with Gasteiger partial charge in [-0.15, -0.1) is 0 Å². The number of carboxylic acid groups (broad SMARTS) is 1. The summed E-state index contributed by atoms with van der Waals surface area (Å²) in [7, 11) is 1.36. The molecule has 0 saturated carbocycles. The Morgan fingerprint density at radius 1 is 1.37 bits per heavy atom. The summed E-state index contributed by atoms with van der Waals surface area (Å²) in [6.45, 7) is 7.64. The number of piperidine rings is 1. The summed E-state index contributed by atoms with van der Waals surface area (Å²) in [6.07, 6.45) is 0.0708. The number of nitrogens with zero attached hydrogens (tertiary/aromatic N) is 1. The first-order valence-corrected chi connectivity index (χ1v) is 6.39. The van der Waals surface area contributed by atoms with Crippen molar-refractivity contribution in [1.29, 1.82) is 0 Å². The van der Waals surface area contributed by atoms with Gasteiger partial charge in [0.15, 0.2) is 5.60 Å². The maximum absolute atomic E-state index is 12.0. The number of hydrogen-bond donors (Lipinski definition) is 1. The van der Waals surface area contributed by atoms with Gasteiger partial charge in [0, 0.05) is 13.7 Å². The number of likely N-dealkylation sites (tertiary alicyclic amines) is 1. The van der Waals surface area contributed by atoms with Crippen LogP contribution in [0.1, 0.15) is 34.1 Å². The first-order valence-electron chi connectivity index (χ1n) is 6.39. The minimum atomic E-state index is -1.35. The molecule has 0 spiro atoms. The lowest BCUT2D eigenvalue weighted by Crippen LogP contribution is -2.60. The molecule has 1 N–H and O–H groups in total. The van der Waals surface area contributed by atoms with Crippen LogP contribution in [0.15, 0.2) is 0 Å². The molecule has 1 aliphatic rings. The molecule has 19 heavy (non-hydrogen) atoms. The van der Waals surface area contributed by atoms with Crippen molar-refractivity contribution in [3.63, 3.8) is 0 Å². The summed E-state index contributed by atoms with van der Waals surface area (Å²) < 4.78 is 10.5. The Hall–Kier alpha value is -1.30. The van der Waals surface area contributed by atoms with Crippen molar-refractivity contribution in [2.45, 2.75) is 45.3 Å². The molecule has 1 rings (SSSR count). The van der Waals surface area contributed by atoms with Gasteiger partial charge in [-0.1, -0.05) is 6.92 Å². The van der Waals surface area contributed by atoms with E-state index in [-0.39, 0.29) is 12.5 Å². The molecule has 1 fully saturated rings. The van der Waals surface area contributed by atoms with E-state index >= 15 is 0 Å².